The van der Waals surface area contributed by atoms with Crippen molar-refractivity contribution in [1.82, 2.24) is 0 Å². The van der Waals surface area contributed by atoms with Crippen LogP contribution in [-0.2, 0) is 9.53 Å². The molecule has 0 spiro atoms. The third-order valence-electron chi connectivity index (χ3n) is 2.97. The summed E-state index contributed by atoms with van der Waals surface area (Å²) in [5.74, 6) is -0.0278. The maximum absolute atomic E-state index is 11.2. The summed E-state index contributed by atoms with van der Waals surface area (Å²) in [6.45, 7) is 0. The maximum atomic E-state index is 11.2. The fourth-order valence-corrected chi connectivity index (χ4v) is 2.37. The van der Waals surface area contributed by atoms with Crippen LogP contribution in [0.5, 0.6) is 0 Å². The zero-order chi connectivity index (χ0) is 8.06. The highest BCUT2D eigenvalue weighted by Gasteiger charge is 2.63. The minimum Gasteiger partial charge on any atom is -0.386 e. The highest BCUT2D eigenvalue weighted by Crippen LogP contribution is 2.48. The Morgan fingerprint density at radius 3 is 3.09 bits per heavy atom. The zero-order valence-electron chi connectivity index (χ0n) is 6.54. The Bertz CT molecular complexity index is 202. The van der Waals surface area contributed by atoms with Gasteiger partial charge in [-0.3, -0.25) is 4.79 Å². The molecule has 2 fully saturated rings. The number of rotatable bonds is 1. The van der Waals surface area contributed by atoms with Gasteiger partial charge in [0.1, 0.15) is 11.7 Å². The molecule has 0 aliphatic heterocycles. The Morgan fingerprint density at radius 2 is 2.45 bits per heavy atom. The van der Waals surface area contributed by atoms with Crippen molar-refractivity contribution in [2.24, 2.45) is 5.92 Å². The second-order valence-corrected chi connectivity index (χ2v) is 3.45. The van der Waals surface area contributed by atoms with E-state index in [4.69, 9.17) is 4.74 Å². The van der Waals surface area contributed by atoms with Crippen LogP contribution in [0.3, 0.4) is 0 Å². The molecule has 0 unspecified atom stereocenters. The number of carbonyl (C=O) groups is 1. The van der Waals surface area contributed by atoms with Crippen LogP contribution in [0.1, 0.15) is 19.3 Å². The second kappa shape index (κ2) is 2.05. The lowest BCUT2D eigenvalue weighted by molar-refractivity contribution is -0.193. The van der Waals surface area contributed by atoms with E-state index >= 15 is 0 Å². The molecule has 0 aromatic heterocycles. The van der Waals surface area contributed by atoms with Crippen LogP contribution in [0, 0.1) is 5.92 Å². The minimum absolute atomic E-state index is 0.0903. The van der Waals surface area contributed by atoms with Crippen molar-refractivity contribution in [2.75, 3.05) is 7.11 Å². The lowest BCUT2D eigenvalue weighted by Crippen LogP contribution is -2.65. The van der Waals surface area contributed by atoms with Crippen molar-refractivity contribution >= 4 is 5.78 Å². The van der Waals surface area contributed by atoms with Crippen LogP contribution in [0.4, 0.5) is 0 Å². The summed E-state index contributed by atoms with van der Waals surface area (Å²) in [4.78, 5) is 11.2. The molecule has 2 saturated carbocycles. The second-order valence-electron chi connectivity index (χ2n) is 3.45. The largest absolute Gasteiger partial charge is 0.386 e. The summed E-state index contributed by atoms with van der Waals surface area (Å²) in [7, 11) is 1.48. The van der Waals surface area contributed by atoms with Crippen LogP contribution >= 0.6 is 0 Å². The number of methoxy groups -OCH3 is 1. The molecule has 0 bridgehead atoms. The number of hydrogen-bond donors (Lipinski definition) is 1. The third-order valence-corrected chi connectivity index (χ3v) is 2.97. The molecule has 0 aromatic rings. The minimum atomic E-state index is -0.800. The van der Waals surface area contributed by atoms with Crippen LogP contribution < -0.4 is 0 Å². The van der Waals surface area contributed by atoms with Crippen LogP contribution in [0.25, 0.3) is 0 Å². The lowest BCUT2D eigenvalue weighted by atomic mass is 9.68. The summed E-state index contributed by atoms with van der Waals surface area (Å²) in [6, 6.07) is 0. The molecule has 0 heterocycles. The Morgan fingerprint density at radius 1 is 1.73 bits per heavy atom. The normalized spacial score (nSPS) is 48.7. The number of aliphatic hydroxyl groups is 1. The molecule has 2 rings (SSSR count). The number of hydrogen-bond acceptors (Lipinski definition) is 3. The molecule has 3 nitrogen and oxygen atoms in total. The molecular weight excluding hydrogens is 144 g/mol. The van der Waals surface area contributed by atoms with Crippen molar-refractivity contribution in [3.8, 4) is 0 Å². The molecular formula is C8H12O3. The smallest absolute Gasteiger partial charge is 0.170 e. The molecule has 62 valence electrons. The molecule has 2 aliphatic rings. The first kappa shape index (κ1) is 7.25. The van der Waals surface area contributed by atoms with Crippen molar-refractivity contribution in [2.45, 2.75) is 31.0 Å². The quantitative estimate of drug-likeness (QED) is 0.586. The van der Waals surface area contributed by atoms with Crippen molar-refractivity contribution in [3.63, 3.8) is 0 Å². The zero-order valence-corrected chi connectivity index (χ0v) is 6.54. The SMILES string of the molecule is CO[C@H]1C(=O)[C@H]2CCC[C@]21O. The fourth-order valence-electron chi connectivity index (χ4n) is 2.37. The van der Waals surface area contributed by atoms with E-state index in [2.05, 4.69) is 0 Å². The van der Waals surface area contributed by atoms with Gasteiger partial charge in [0.25, 0.3) is 0 Å². The lowest BCUT2D eigenvalue weighted by Gasteiger charge is -2.45. The average Bonchev–Trinajstić information content (AvgIpc) is 2.29. The first-order valence-corrected chi connectivity index (χ1v) is 3.99. The van der Waals surface area contributed by atoms with Gasteiger partial charge in [-0.05, 0) is 19.3 Å². The summed E-state index contributed by atoms with van der Waals surface area (Å²) in [6.07, 6.45) is 1.99. The Balaban J connectivity index is 2.21. The standard InChI is InChI=1S/C8H12O3/c1-11-7-6(9)5-3-2-4-8(5,7)10/h5,7,10H,2-4H2,1H3/t5-,7+,8+/m1/s1. The van der Waals surface area contributed by atoms with Gasteiger partial charge in [-0.25, -0.2) is 0 Å². The summed E-state index contributed by atoms with van der Waals surface area (Å²) in [5, 5.41) is 9.83. The summed E-state index contributed by atoms with van der Waals surface area (Å²) in [5.41, 5.74) is -0.800. The van der Waals surface area contributed by atoms with Gasteiger partial charge >= 0.3 is 0 Å². The summed E-state index contributed by atoms with van der Waals surface area (Å²) >= 11 is 0. The van der Waals surface area contributed by atoms with Gasteiger partial charge < -0.3 is 9.84 Å². The first-order chi connectivity index (χ1) is 5.20. The van der Waals surface area contributed by atoms with Gasteiger partial charge in [-0.15, -0.1) is 0 Å². The van der Waals surface area contributed by atoms with Gasteiger partial charge in [0.2, 0.25) is 0 Å². The fraction of sp³-hybridized carbons (Fsp3) is 0.875. The van der Waals surface area contributed by atoms with E-state index in [0.29, 0.717) is 0 Å². The predicted molar refractivity (Wildman–Crippen MR) is 38.1 cm³/mol. The Hall–Kier alpha value is -0.410. The molecule has 3 atom stereocenters. The molecule has 2 aliphatic carbocycles. The number of ketones is 1. The van der Waals surface area contributed by atoms with Gasteiger partial charge in [0.05, 0.1) is 5.92 Å². The highest BCUT2D eigenvalue weighted by atomic mass is 16.5. The predicted octanol–water partition coefficient (Wildman–Crippen LogP) is 0.115. The van der Waals surface area contributed by atoms with E-state index in [1.54, 1.807) is 0 Å². The van der Waals surface area contributed by atoms with E-state index in [1.807, 2.05) is 0 Å². The van der Waals surface area contributed by atoms with Crippen molar-refractivity contribution < 1.29 is 14.6 Å². The topological polar surface area (TPSA) is 46.5 Å². The van der Waals surface area contributed by atoms with E-state index < -0.39 is 11.7 Å². The monoisotopic (exact) mass is 156 g/mol. The molecule has 1 N–H and O–H groups in total. The van der Waals surface area contributed by atoms with E-state index in [9.17, 15) is 9.90 Å². The van der Waals surface area contributed by atoms with Crippen LogP contribution in [0.2, 0.25) is 0 Å². The first-order valence-electron chi connectivity index (χ1n) is 3.99. The number of fused-ring (bicyclic) bond motifs is 1. The number of ether oxygens (including phenoxy) is 1. The van der Waals surface area contributed by atoms with Crippen molar-refractivity contribution in [1.29, 1.82) is 0 Å². The van der Waals surface area contributed by atoms with Crippen LogP contribution in [0.15, 0.2) is 0 Å². The molecule has 0 aromatic carbocycles. The molecule has 3 heteroatoms. The number of Topliss-reactive ketones (excluding diaryl/α,β-unsaturated/α-hetero) is 1. The Labute approximate surface area is 65.4 Å². The molecule has 0 amide bonds. The van der Waals surface area contributed by atoms with E-state index in [1.165, 1.54) is 7.11 Å². The average molecular weight is 156 g/mol. The Kier molecular flexibility index (Phi) is 1.35. The van der Waals surface area contributed by atoms with E-state index in [-0.39, 0.29) is 11.7 Å². The maximum Gasteiger partial charge on any atom is 0.170 e. The van der Waals surface area contributed by atoms with Gasteiger partial charge in [0.15, 0.2) is 5.78 Å². The van der Waals surface area contributed by atoms with Crippen molar-refractivity contribution in [3.05, 3.63) is 0 Å². The molecule has 0 saturated heterocycles. The third kappa shape index (κ3) is 0.676. The highest BCUT2D eigenvalue weighted by molar-refractivity contribution is 5.95. The summed E-state index contributed by atoms with van der Waals surface area (Å²) < 4.78 is 4.92. The number of carbonyl (C=O) groups excluding carboxylic acids is 1. The van der Waals surface area contributed by atoms with Gasteiger partial charge in [0, 0.05) is 7.11 Å². The molecule has 0 radical (unpaired) electrons. The molecule has 11 heavy (non-hydrogen) atoms. The van der Waals surface area contributed by atoms with E-state index in [0.717, 1.165) is 19.3 Å². The van der Waals surface area contributed by atoms with Gasteiger partial charge in [-0.1, -0.05) is 0 Å². The van der Waals surface area contributed by atoms with Gasteiger partial charge in [-0.2, -0.15) is 0 Å². The van der Waals surface area contributed by atoms with Crippen LogP contribution in [-0.4, -0.2) is 29.7 Å².